The van der Waals surface area contributed by atoms with Gasteiger partial charge in [-0.25, -0.2) is 4.98 Å². The Labute approximate surface area is 186 Å². The molecule has 3 amide bonds. The molecule has 1 N–H and O–H groups in total. The van der Waals surface area contributed by atoms with Crippen LogP contribution in [0.2, 0.25) is 0 Å². The van der Waals surface area contributed by atoms with E-state index in [1.54, 1.807) is 18.2 Å². The summed E-state index contributed by atoms with van der Waals surface area (Å²) < 4.78 is 0. The maximum Gasteiger partial charge on any atom is 0.261 e. The highest BCUT2D eigenvalue weighted by molar-refractivity contribution is 6.22. The van der Waals surface area contributed by atoms with E-state index in [1.807, 2.05) is 43.0 Å². The summed E-state index contributed by atoms with van der Waals surface area (Å²) in [6, 6.07) is 12.8. The average molecular weight is 431 g/mol. The van der Waals surface area contributed by atoms with Gasteiger partial charge >= 0.3 is 0 Å². The molecule has 0 bridgehead atoms. The number of piperidine rings is 1. The lowest BCUT2D eigenvalue weighted by molar-refractivity contribution is 0.0635. The van der Waals surface area contributed by atoms with Gasteiger partial charge in [0.2, 0.25) is 0 Å². The molecule has 7 heteroatoms. The van der Waals surface area contributed by atoms with Gasteiger partial charge in [-0.05, 0) is 49.1 Å². The van der Waals surface area contributed by atoms with Crippen molar-refractivity contribution in [1.29, 1.82) is 0 Å². The fourth-order valence-corrected chi connectivity index (χ4v) is 4.66. The molecule has 3 aromatic rings. The molecule has 5 rings (SSSR count). The number of hydrogen-bond donors (Lipinski definition) is 1. The first-order chi connectivity index (χ1) is 15.4. The molecule has 2 aliphatic rings. The molecule has 0 unspecified atom stereocenters. The number of imide groups is 1. The fraction of sp³-hybridized carbons (Fsp3) is 0.360. The number of nitrogens with one attached hydrogen (secondary N) is 1. The molecule has 7 nitrogen and oxygen atoms in total. The van der Waals surface area contributed by atoms with E-state index in [0.717, 1.165) is 29.7 Å². The predicted octanol–water partition coefficient (Wildman–Crippen LogP) is 3.83. The lowest BCUT2D eigenvalue weighted by atomic mass is 9.95. The Morgan fingerprint density at radius 2 is 1.78 bits per heavy atom. The van der Waals surface area contributed by atoms with Crippen molar-refractivity contribution in [3.63, 3.8) is 0 Å². The number of amides is 3. The summed E-state index contributed by atoms with van der Waals surface area (Å²) in [5.41, 5.74) is 3.17. The third kappa shape index (κ3) is 3.47. The molecule has 0 radical (unpaired) electrons. The first-order valence-corrected chi connectivity index (χ1v) is 11.2. The largest absolute Gasteiger partial charge is 0.342 e. The number of carbonyl (C=O) groups is 3. The molecular weight excluding hydrogens is 404 g/mol. The number of rotatable bonds is 4. The number of imidazole rings is 1. The van der Waals surface area contributed by atoms with Gasteiger partial charge in [-0.15, -0.1) is 0 Å². The molecule has 2 aliphatic heterocycles. The van der Waals surface area contributed by atoms with E-state index in [4.69, 9.17) is 4.98 Å². The van der Waals surface area contributed by atoms with Gasteiger partial charge in [0.15, 0.2) is 0 Å². The van der Waals surface area contributed by atoms with Crippen LogP contribution in [0.5, 0.6) is 0 Å². The number of aromatic amines is 1. The van der Waals surface area contributed by atoms with Crippen LogP contribution < -0.4 is 0 Å². The molecule has 1 fully saturated rings. The van der Waals surface area contributed by atoms with Crippen LogP contribution in [0.3, 0.4) is 0 Å². The molecule has 0 atom stereocenters. The zero-order valence-electron chi connectivity index (χ0n) is 18.3. The number of carbonyl (C=O) groups excluding carboxylic acids is 3. The zero-order valence-corrected chi connectivity index (χ0v) is 18.3. The van der Waals surface area contributed by atoms with Crippen LogP contribution in [0.4, 0.5) is 0 Å². The smallest absolute Gasteiger partial charge is 0.261 e. The van der Waals surface area contributed by atoms with E-state index < -0.39 is 0 Å². The molecule has 0 aliphatic carbocycles. The molecule has 32 heavy (non-hydrogen) atoms. The normalized spacial score (nSPS) is 17.0. The number of benzene rings is 2. The molecule has 0 spiro atoms. The highest BCUT2D eigenvalue weighted by atomic mass is 16.2. The minimum Gasteiger partial charge on any atom is -0.342 e. The van der Waals surface area contributed by atoms with Gasteiger partial charge in [0.1, 0.15) is 5.82 Å². The lowest BCUT2D eigenvalue weighted by Gasteiger charge is -2.31. The van der Waals surface area contributed by atoms with Crippen molar-refractivity contribution in [2.75, 3.05) is 19.6 Å². The molecule has 2 aromatic carbocycles. The first-order valence-electron chi connectivity index (χ1n) is 11.2. The van der Waals surface area contributed by atoms with Crippen molar-refractivity contribution in [2.24, 2.45) is 5.92 Å². The maximum atomic E-state index is 13.1. The second-order valence-electron chi connectivity index (χ2n) is 9.08. The van der Waals surface area contributed by atoms with Crippen LogP contribution in [0, 0.1) is 5.92 Å². The second-order valence-corrected chi connectivity index (χ2v) is 9.08. The summed E-state index contributed by atoms with van der Waals surface area (Å²) >= 11 is 0. The Morgan fingerprint density at radius 1 is 1.06 bits per heavy atom. The van der Waals surface area contributed by atoms with Gasteiger partial charge in [-0.2, -0.15) is 0 Å². The Hall–Kier alpha value is -3.48. The standard InChI is InChI=1S/C25H26N4O3/c1-15(2)14-29-24(31)18-8-7-17(13-19(18)25(29)32)23(30)28-11-9-16(10-12-28)22-26-20-5-3-4-6-21(20)27-22/h3-8,13,15-16H,9-12,14H2,1-2H3,(H,26,27). The van der Waals surface area contributed by atoms with Gasteiger partial charge in [0, 0.05) is 31.1 Å². The van der Waals surface area contributed by atoms with E-state index in [0.29, 0.717) is 36.3 Å². The summed E-state index contributed by atoms with van der Waals surface area (Å²) in [4.78, 5) is 49.7. The quantitative estimate of drug-likeness (QED) is 0.638. The average Bonchev–Trinajstić information content (AvgIpc) is 3.34. The topological polar surface area (TPSA) is 86.4 Å². The van der Waals surface area contributed by atoms with Crippen LogP contribution in [0.15, 0.2) is 42.5 Å². The van der Waals surface area contributed by atoms with Gasteiger partial charge < -0.3 is 9.88 Å². The lowest BCUT2D eigenvalue weighted by Crippen LogP contribution is -2.38. The number of aromatic nitrogens is 2. The summed E-state index contributed by atoms with van der Waals surface area (Å²) in [6.45, 7) is 5.57. The third-order valence-corrected chi connectivity index (χ3v) is 6.34. The number of para-hydroxylation sites is 2. The zero-order chi connectivity index (χ0) is 22.4. The van der Waals surface area contributed by atoms with E-state index in [1.165, 1.54) is 4.90 Å². The van der Waals surface area contributed by atoms with Crippen molar-refractivity contribution in [2.45, 2.75) is 32.6 Å². The number of fused-ring (bicyclic) bond motifs is 2. The Balaban J connectivity index is 1.29. The number of H-pyrrole nitrogens is 1. The fourth-order valence-electron chi connectivity index (χ4n) is 4.66. The number of nitrogens with zero attached hydrogens (tertiary/aromatic N) is 3. The molecular formula is C25H26N4O3. The van der Waals surface area contributed by atoms with Crippen LogP contribution in [-0.4, -0.2) is 57.1 Å². The van der Waals surface area contributed by atoms with Gasteiger partial charge in [0.25, 0.3) is 17.7 Å². The van der Waals surface area contributed by atoms with Crippen molar-refractivity contribution in [3.05, 3.63) is 65.0 Å². The monoisotopic (exact) mass is 430 g/mol. The van der Waals surface area contributed by atoms with Crippen LogP contribution in [-0.2, 0) is 0 Å². The van der Waals surface area contributed by atoms with Gasteiger partial charge in [-0.1, -0.05) is 26.0 Å². The molecule has 164 valence electrons. The highest BCUT2D eigenvalue weighted by Crippen LogP contribution is 2.30. The molecule has 1 aromatic heterocycles. The second kappa shape index (κ2) is 7.89. The van der Waals surface area contributed by atoms with Crippen molar-refractivity contribution in [1.82, 2.24) is 19.8 Å². The SMILES string of the molecule is CC(C)CN1C(=O)c2ccc(C(=O)N3CCC(c4nc5ccccc5[nH]4)CC3)cc2C1=O. The van der Waals surface area contributed by atoms with Gasteiger partial charge in [-0.3, -0.25) is 19.3 Å². The van der Waals surface area contributed by atoms with E-state index in [-0.39, 0.29) is 29.6 Å². The van der Waals surface area contributed by atoms with Gasteiger partial charge in [0.05, 0.1) is 22.2 Å². The van der Waals surface area contributed by atoms with Crippen LogP contribution >= 0.6 is 0 Å². The van der Waals surface area contributed by atoms with Crippen LogP contribution in [0.25, 0.3) is 11.0 Å². The summed E-state index contributed by atoms with van der Waals surface area (Å²) in [7, 11) is 0. The van der Waals surface area contributed by atoms with E-state index >= 15 is 0 Å². The molecule has 1 saturated heterocycles. The minimum atomic E-state index is -0.308. The van der Waals surface area contributed by atoms with Crippen LogP contribution in [0.1, 0.15) is 69.5 Å². The minimum absolute atomic E-state index is 0.0987. The van der Waals surface area contributed by atoms with Crippen molar-refractivity contribution < 1.29 is 14.4 Å². The summed E-state index contributed by atoms with van der Waals surface area (Å²) in [5, 5.41) is 0. The summed E-state index contributed by atoms with van der Waals surface area (Å²) in [6.07, 6.45) is 1.66. The maximum absolute atomic E-state index is 13.1. The van der Waals surface area contributed by atoms with E-state index in [2.05, 4.69) is 4.98 Å². The summed E-state index contributed by atoms with van der Waals surface area (Å²) in [5.74, 6) is 0.770. The Kier molecular flexibility index (Phi) is 5.04. The Bertz CT molecular complexity index is 1190. The van der Waals surface area contributed by atoms with E-state index in [9.17, 15) is 14.4 Å². The van der Waals surface area contributed by atoms with Crippen molar-refractivity contribution in [3.8, 4) is 0 Å². The molecule has 0 saturated carbocycles. The highest BCUT2D eigenvalue weighted by Gasteiger charge is 2.36. The van der Waals surface area contributed by atoms with Crippen molar-refractivity contribution >= 4 is 28.8 Å². The molecule has 3 heterocycles. The first kappa shape index (κ1) is 20.4. The Morgan fingerprint density at radius 3 is 2.50 bits per heavy atom. The predicted molar refractivity (Wildman–Crippen MR) is 121 cm³/mol. The third-order valence-electron chi connectivity index (χ3n) is 6.34. The number of hydrogen-bond acceptors (Lipinski definition) is 4. The number of likely N-dealkylation sites (tertiary alicyclic amines) is 1.